The molecule has 0 saturated carbocycles. The van der Waals surface area contributed by atoms with Crippen molar-refractivity contribution in [3.8, 4) is 0 Å². The number of hydrogen-bond acceptors (Lipinski definition) is 1. The van der Waals surface area contributed by atoms with Gasteiger partial charge in [0, 0.05) is 0 Å². The first kappa shape index (κ1) is 21.5. The molecular formula is C20H40O2. The zero-order chi connectivity index (χ0) is 16.7. The molecule has 22 heavy (non-hydrogen) atoms. The molecule has 0 atom stereocenters. The molecule has 0 aliphatic rings. The van der Waals surface area contributed by atoms with Gasteiger partial charge in [0.05, 0.1) is 6.42 Å². The molecule has 0 bridgehead atoms. The van der Waals surface area contributed by atoms with Gasteiger partial charge in [-0.2, -0.15) is 0 Å². The molecule has 0 aliphatic heterocycles. The highest BCUT2D eigenvalue weighted by molar-refractivity contribution is 5.67. The van der Waals surface area contributed by atoms with Gasteiger partial charge in [-0.3, -0.25) is 4.79 Å². The minimum atomic E-state index is -0.667. The van der Waals surface area contributed by atoms with Crippen molar-refractivity contribution in [1.29, 1.82) is 0 Å². The highest BCUT2D eigenvalue weighted by Crippen LogP contribution is 2.28. The van der Waals surface area contributed by atoms with E-state index in [2.05, 4.69) is 20.8 Å². The lowest BCUT2D eigenvalue weighted by Crippen LogP contribution is -2.16. The maximum Gasteiger partial charge on any atom is 0.303 e. The Bertz CT molecular complexity index is 258. The molecule has 0 heterocycles. The zero-order valence-electron chi connectivity index (χ0n) is 15.5. The van der Waals surface area contributed by atoms with Crippen LogP contribution < -0.4 is 0 Å². The van der Waals surface area contributed by atoms with Gasteiger partial charge in [-0.15, -0.1) is 0 Å². The Morgan fingerprint density at radius 2 is 1.09 bits per heavy atom. The molecule has 0 rings (SSSR count). The van der Waals surface area contributed by atoms with Crippen molar-refractivity contribution in [3.63, 3.8) is 0 Å². The number of carboxylic acids is 1. The molecule has 2 nitrogen and oxygen atoms in total. The summed E-state index contributed by atoms with van der Waals surface area (Å²) < 4.78 is 0. The Morgan fingerprint density at radius 1 is 0.727 bits per heavy atom. The second-order valence-electron chi connectivity index (χ2n) is 7.73. The summed E-state index contributed by atoms with van der Waals surface area (Å²) in [6.07, 6.45) is 19.1. The predicted molar refractivity (Wildman–Crippen MR) is 96.3 cm³/mol. The minimum Gasteiger partial charge on any atom is -0.481 e. The van der Waals surface area contributed by atoms with Crippen molar-refractivity contribution >= 4 is 5.97 Å². The molecule has 0 amide bonds. The van der Waals surface area contributed by atoms with Crippen molar-refractivity contribution in [2.24, 2.45) is 5.41 Å². The Hall–Kier alpha value is -0.530. The topological polar surface area (TPSA) is 37.3 Å². The summed E-state index contributed by atoms with van der Waals surface area (Å²) >= 11 is 0. The highest BCUT2D eigenvalue weighted by atomic mass is 16.4. The van der Waals surface area contributed by atoms with E-state index in [0.717, 1.165) is 6.42 Å². The predicted octanol–water partition coefficient (Wildman–Crippen LogP) is 6.97. The number of carboxylic acid groups (broad SMARTS) is 1. The van der Waals surface area contributed by atoms with Gasteiger partial charge in [0.1, 0.15) is 0 Å². The van der Waals surface area contributed by atoms with Crippen LogP contribution in [0.5, 0.6) is 0 Å². The number of rotatable bonds is 16. The summed E-state index contributed by atoms with van der Waals surface area (Å²) in [5, 5.41) is 8.85. The lowest BCUT2D eigenvalue weighted by Gasteiger charge is -2.21. The van der Waals surface area contributed by atoms with Gasteiger partial charge < -0.3 is 5.11 Å². The van der Waals surface area contributed by atoms with Crippen LogP contribution in [0.2, 0.25) is 0 Å². The number of aliphatic carboxylic acids is 1. The first-order valence-corrected chi connectivity index (χ1v) is 9.70. The minimum absolute atomic E-state index is 0.0381. The maximum absolute atomic E-state index is 10.7. The molecule has 0 spiro atoms. The van der Waals surface area contributed by atoms with E-state index in [-0.39, 0.29) is 5.41 Å². The van der Waals surface area contributed by atoms with Gasteiger partial charge >= 0.3 is 5.97 Å². The summed E-state index contributed by atoms with van der Waals surface area (Å²) in [7, 11) is 0. The van der Waals surface area contributed by atoms with Crippen LogP contribution in [0.25, 0.3) is 0 Å². The molecule has 0 aromatic heterocycles. The second-order valence-corrected chi connectivity index (χ2v) is 7.73. The van der Waals surface area contributed by atoms with Crippen molar-refractivity contribution < 1.29 is 9.90 Å². The normalized spacial score (nSPS) is 11.8. The molecule has 0 saturated heterocycles. The third kappa shape index (κ3) is 15.9. The summed E-state index contributed by atoms with van der Waals surface area (Å²) in [6, 6.07) is 0. The van der Waals surface area contributed by atoms with E-state index in [9.17, 15) is 4.79 Å². The fraction of sp³-hybridized carbons (Fsp3) is 0.950. The van der Waals surface area contributed by atoms with Gasteiger partial charge in [-0.05, 0) is 11.8 Å². The lowest BCUT2D eigenvalue weighted by atomic mass is 9.83. The average Bonchev–Trinajstić information content (AvgIpc) is 2.42. The monoisotopic (exact) mass is 312 g/mol. The standard InChI is InChI=1S/C20H40O2/c1-4-5-6-7-8-9-10-11-12-13-14-15-16-17-20(2,3)18-19(21)22/h4-18H2,1-3H3,(H,21,22). The third-order valence-electron chi connectivity index (χ3n) is 4.59. The van der Waals surface area contributed by atoms with Gasteiger partial charge in [0.15, 0.2) is 0 Å². The largest absolute Gasteiger partial charge is 0.481 e. The summed E-state index contributed by atoms with van der Waals surface area (Å²) in [6.45, 7) is 6.41. The summed E-state index contributed by atoms with van der Waals surface area (Å²) in [5.74, 6) is -0.667. The van der Waals surface area contributed by atoms with E-state index < -0.39 is 5.97 Å². The number of carbonyl (C=O) groups is 1. The average molecular weight is 313 g/mol. The second kappa shape index (κ2) is 14.1. The fourth-order valence-corrected chi connectivity index (χ4v) is 3.12. The van der Waals surface area contributed by atoms with Gasteiger partial charge in [0.25, 0.3) is 0 Å². The van der Waals surface area contributed by atoms with E-state index in [1.807, 2.05) is 0 Å². The highest BCUT2D eigenvalue weighted by Gasteiger charge is 2.20. The maximum atomic E-state index is 10.7. The van der Waals surface area contributed by atoms with Crippen molar-refractivity contribution in [2.75, 3.05) is 0 Å². The molecule has 0 aromatic rings. The van der Waals surface area contributed by atoms with E-state index >= 15 is 0 Å². The van der Waals surface area contributed by atoms with Gasteiger partial charge in [0.2, 0.25) is 0 Å². The van der Waals surface area contributed by atoms with Crippen LogP contribution in [-0.4, -0.2) is 11.1 Å². The Labute approximate surface area is 139 Å². The van der Waals surface area contributed by atoms with E-state index in [1.165, 1.54) is 83.5 Å². The fourth-order valence-electron chi connectivity index (χ4n) is 3.12. The Balaban J connectivity index is 3.22. The van der Waals surface area contributed by atoms with Gasteiger partial charge in [-0.25, -0.2) is 0 Å². The quantitative estimate of drug-likeness (QED) is 0.312. The number of unbranched alkanes of at least 4 members (excludes halogenated alkanes) is 12. The van der Waals surface area contributed by atoms with Crippen LogP contribution in [0, 0.1) is 5.41 Å². The Kier molecular flexibility index (Phi) is 13.7. The molecule has 132 valence electrons. The van der Waals surface area contributed by atoms with Crippen LogP contribution in [-0.2, 0) is 4.79 Å². The lowest BCUT2D eigenvalue weighted by molar-refractivity contribution is -0.139. The van der Waals surface area contributed by atoms with Crippen molar-refractivity contribution in [1.82, 2.24) is 0 Å². The Morgan fingerprint density at radius 3 is 1.45 bits per heavy atom. The molecule has 0 aromatic carbocycles. The SMILES string of the molecule is CCCCCCCCCCCCCCCC(C)(C)CC(=O)O. The van der Waals surface area contributed by atoms with Crippen LogP contribution in [0.1, 0.15) is 117 Å². The van der Waals surface area contributed by atoms with Crippen LogP contribution in [0.15, 0.2) is 0 Å². The molecule has 2 heteroatoms. The molecule has 0 radical (unpaired) electrons. The zero-order valence-corrected chi connectivity index (χ0v) is 15.5. The summed E-state index contributed by atoms with van der Waals surface area (Å²) in [4.78, 5) is 10.7. The molecular weight excluding hydrogens is 272 g/mol. The third-order valence-corrected chi connectivity index (χ3v) is 4.59. The van der Waals surface area contributed by atoms with Crippen molar-refractivity contribution in [3.05, 3.63) is 0 Å². The molecule has 0 unspecified atom stereocenters. The first-order valence-electron chi connectivity index (χ1n) is 9.70. The molecule has 1 N–H and O–H groups in total. The molecule has 0 fully saturated rings. The molecule has 0 aliphatic carbocycles. The smallest absolute Gasteiger partial charge is 0.303 e. The van der Waals surface area contributed by atoms with E-state index in [0.29, 0.717) is 6.42 Å². The first-order chi connectivity index (χ1) is 10.5. The van der Waals surface area contributed by atoms with E-state index in [4.69, 9.17) is 5.11 Å². The number of hydrogen-bond donors (Lipinski definition) is 1. The van der Waals surface area contributed by atoms with Crippen LogP contribution >= 0.6 is 0 Å². The summed E-state index contributed by atoms with van der Waals surface area (Å²) in [5.41, 5.74) is -0.0381. The van der Waals surface area contributed by atoms with Crippen LogP contribution in [0.4, 0.5) is 0 Å². The van der Waals surface area contributed by atoms with Crippen LogP contribution in [0.3, 0.4) is 0 Å². The van der Waals surface area contributed by atoms with Crippen molar-refractivity contribution in [2.45, 2.75) is 117 Å². The van der Waals surface area contributed by atoms with E-state index in [1.54, 1.807) is 0 Å². The van der Waals surface area contributed by atoms with Gasteiger partial charge in [-0.1, -0.05) is 104 Å².